The highest BCUT2D eigenvalue weighted by Crippen LogP contribution is 2.14. The molecule has 0 aliphatic carbocycles. The Kier molecular flexibility index (Phi) is 5.99. The summed E-state index contributed by atoms with van der Waals surface area (Å²) in [5.41, 5.74) is 1.46. The van der Waals surface area contributed by atoms with Crippen molar-refractivity contribution in [2.24, 2.45) is 0 Å². The van der Waals surface area contributed by atoms with E-state index in [1.807, 2.05) is 13.0 Å². The Hall–Kier alpha value is -1.62. The van der Waals surface area contributed by atoms with Crippen LogP contribution in [0.3, 0.4) is 0 Å². The Bertz CT molecular complexity index is 457. The molecule has 1 aliphatic heterocycles. The number of carbonyl (C=O) groups is 1. The molecule has 5 nitrogen and oxygen atoms in total. The molecule has 2 rings (SSSR count). The average Bonchev–Trinajstić information content (AvgIpc) is 2.49. The molecular formula is C16H26N4O. The fraction of sp³-hybridized carbons (Fsp3) is 0.625. The van der Waals surface area contributed by atoms with Gasteiger partial charge in [0, 0.05) is 31.5 Å². The van der Waals surface area contributed by atoms with Crippen LogP contribution in [0.1, 0.15) is 43.5 Å². The SMILES string of the molecule is CCNc1ccncc1C(=O)NC(C)CN1CCCCC1. The summed E-state index contributed by atoms with van der Waals surface area (Å²) in [7, 11) is 0. The van der Waals surface area contributed by atoms with Gasteiger partial charge in [0.15, 0.2) is 0 Å². The van der Waals surface area contributed by atoms with Crippen LogP contribution in [0.4, 0.5) is 5.69 Å². The van der Waals surface area contributed by atoms with Crippen LogP contribution in [0.15, 0.2) is 18.5 Å². The van der Waals surface area contributed by atoms with Crippen LogP contribution in [-0.4, -0.2) is 48.0 Å². The van der Waals surface area contributed by atoms with Crippen LogP contribution in [0.5, 0.6) is 0 Å². The van der Waals surface area contributed by atoms with E-state index in [-0.39, 0.29) is 11.9 Å². The molecule has 21 heavy (non-hydrogen) atoms. The van der Waals surface area contributed by atoms with E-state index in [2.05, 4.69) is 27.4 Å². The van der Waals surface area contributed by atoms with Crippen LogP contribution < -0.4 is 10.6 Å². The van der Waals surface area contributed by atoms with Gasteiger partial charge >= 0.3 is 0 Å². The Morgan fingerprint density at radius 2 is 2.14 bits per heavy atom. The van der Waals surface area contributed by atoms with Crippen molar-refractivity contribution in [3.05, 3.63) is 24.0 Å². The molecule has 1 fully saturated rings. The van der Waals surface area contributed by atoms with E-state index in [9.17, 15) is 4.79 Å². The van der Waals surface area contributed by atoms with Crippen molar-refractivity contribution in [1.29, 1.82) is 0 Å². The number of hydrogen-bond donors (Lipinski definition) is 2. The lowest BCUT2D eigenvalue weighted by Crippen LogP contribution is -2.43. The third kappa shape index (κ3) is 4.70. The zero-order chi connectivity index (χ0) is 15.1. The van der Waals surface area contributed by atoms with Gasteiger partial charge in [0.1, 0.15) is 0 Å². The molecule has 0 spiro atoms. The molecular weight excluding hydrogens is 264 g/mol. The Labute approximate surface area is 127 Å². The van der Waals surface area contributed by atoms with Gasteiger partial charge in [0.25, 0.3) is 5.91 Å². The van der Waals surface area contributed by atoms with E-state index in [4.69, 9.17) is 0 Å². The van der Waals surface area contributed by atoms with E-state index in [0.29, 0.717) is 5.56 Å². The Morgan fingerprint density at radius 3 is 2.86 bits per heavy atom. The molecule has 1 aromatic rings. The van der Waals surface area contributed by atoms with Crippen molar-refractivity contribution < 1.29 is 4.79 Å². The van der Waals surface area contributed by atoms with Crippen LogP contribution in [0.2, 0.25) is 0 Å². The number of hydrogen-bond acceptors (Lipinski definition) is 4. The van der Waals surface area contributed by atoms with Crippen LogP contribution in [0.25, 0.3) is 0 Å². The highest BCUT2D eigenvalue weighted by atomic mass is 16.1. The van der Waals surface area contributed by atoms with Crippen molar-refractivity contribution >= 4 is 11.6 Å². The predicted octanol–water partition coefficient (Wildman–Crippen LogP) is 2.12. The topological polar surface area (TPSA) is 57.3 Å². The van der Waals surface area contributed by atoms with Crippen molar-refractivity contribution in [2.45, 2.75) is 39.2 Å². The summed E-state index contributed by atoms with van der Waals surface area (Å²) in [6.45, 7) is 8.08. The highest BCUT2D eigenvalue weighted by Gasteiger charge is 2.17. The van der Waals surface area contributed by atoms with E-state index >= 15 is 0 Å². The number of anilines is 1. The lowest BCUT2D eigenvalue weighted by atomic mass is 10.1. The third-order valence-electron chi connectivity index (χ3n) is 3.79. The Balaban J connectivity index is 1.91. The molecule has 1 aliphatic rings. The maximum Gasteiger partial charge on any atom is 0.255 e. The zero-order valence-electron chi connectivity index (χ0n) is 13.1. The second-order valence-electron chi connectivity index (χ2n) is 5.69. The van der Waals surface area contributed by atoms with E-state index in [1.54, 1.807) is 12.4 Å². The zero-order valence-corrected chi connectivity index (χ0v) is 13.1. The average molecular weight is 290 g/mol. The minimum absolute atomic E-state index is 0.0523. The summed E-state index contributed by atoms with van der Waals surface area (Å²) in [4.78, 5) is 18.9. The molecule has 0 saturated carbocycles. The molecule has 2 N–H and O–H groups in total. The fourth-order valence-electron chi connectivity index (χ4n) is 2.80. The first-order valence-corrected chi connectivity index (χ1v) is 7.91. The number of nitrogens with zero attached hydrogens (tertiary/aromatic N) is 2. The number of rotatable bonds is 6. The summed E-state index contributed by atoms with van der Waals surface area (Å²) >= 11 is 0. The van der Waals surface area contributed by atoms with Crippen molar-refractivity contribution in [3.63, 3.8) is 0 Å². The lowest BCUT2D eigenvalue weighted by molar-refractivity contribution is 0.0926. The van der Waals surface area contributed by atoms with E-state index < -0.39 is 0 Å². The third-order valence-corrected chi connectivity index (χ3v) is 3.79. The largest absolute Gasteiger partial charge is 0.385 e. The van der Waals surface area contributed by atoms with E-state index in [0.717, 1.165) is 31.9 Å². The van der Waals surface area contributed by atoms with Gasteiger partial charge in [-0.1, -0.05) is 6.42 Å². The van der Waals surface area contributed by atoms with Crippen molar-refractivity contribution in [3.8, 4) is 0 Å². The first-order valence-electron chi connectivity index (χ1n) is 7.91. The summed E-state index contributed by atoms with van der Waals surface area (Å²) in [6, 6.07) is 1.98. The molecule has 0 aromatic carbocycles. The van der Waals surface area contributed by atoms with Gasteiger partial charge in [-0.25, -0.2) is 0 Å². The number of amides is 1. The molecule has 116 valence electrons. The first-order chi connectivity index (χ1) is 10.2. The molecule has 1 unspecified atom stereocenters. The van der Waals surface area contributed by atoms with Gasteiger partial charge in [-0.15, -0.1) is 0 Å². The molecule has 1 atom stereocenters. The van der Waals surface area contributed by atoms with Crippen molar-refractivity contribution in [1.82, 2.24) is 15.2 Å². The first kappa shape index (κ1) is 15.8. The summed E-state index contributed by atoms with van der Waals surface area (Å²) in [6.07, 6.45) is 7.20. The van der Waals surface area contributed by atoms with Gasteiger partial charge in [-0.05, 0) is 45.8 Å². The fourth-order valence-corrected chi connectivity index (χ4v) is 2.80. The quantitative estimate of drug-likeness (QED) is 0.842. The smallest absolute Gasteiger partial charge is 0.255 e. The molecule has 1 aromatic heterocycles. The second kappa shape index (κ2) is 7.98. The molecule has 0 bridgehead atoms. The van der Waals surface area contributed by atoms with Gasteiger partial charge in [0.2, 0.25) is 0 Å². The number of aromatic nitrogens is 1. The molecule has 0 radical (unpaired) electrons. The van der Waals surface area contributed by atoms with E-state index in [1.165, 1.54) is 19.3 Å². The lowest BCUT2D eigenvalue weighted by Gasteiger charge is -2.29. The van der Waals surface area contributed by atoms with Crippen molar-refractivity contribution in [2.75, 3.05) is 31.5 Å². The van der Waals surface area contributed by atoms with Crippen LogP contribution in [-0.2, 0) is 0 Å². The highest BCUT2D eigenvalue weighted by molar-refractivity contribution is 5.99. The standard InChI is InChI=1S/C16H26N4O/c1-3-18-15-7-8-17-11-14(15)16(21)19-13(2)12-20-9-5-4-6-10-20/h7-8,11,13H,3-6,9-10,12H2,1-2H3,(H,17,18)(H,19,21). The van der Waals surface area contributed by atoms with Gasteiger partial charge < -0.3 is 15.5 Å². The Morgan fingerprint density at radius 1 is 1.38 bits per heavy atom. The maximum absolute atomic E-state index is 12.4. The number of pyridine rings is 1. The second-order valence-corrected chi connectivity index (χ2v) is 5.69. The van der Waals surface area contributed by atoms with Gasteiger partial charge in [-0.3, -0.25) is 9.78 Å². The summed E-state index contributed by atoms with van der Waals surface area (Å²) in [5, 5.41) is 6.28. The molecule has 2 heterocycles. The maximum atomic E-state index is 12.4. The number of piperidine rings is 1. The summed E-state index contributed by atoms with van der Waals surface area (Å²) < 4.78 is 0. The van der Waals surface area contributed by atoms with Crippen LogP contribution in [0, 0.1) is 0 Å². The minimum Gasteiger partial charge on any atom is -0.385 e. The molecule has 5 heteroatoms. The predicted molar refractivity (Wildman–Crippen MR) is 85.6 cm³/mol. The summed E-state index contributed by atoms with van der Waals surface area (Å²) in [5.74, 6) is -0.0523. The number of likely N-dealkylation sites (tertiary alicyclic amines) is 1. The monoisotopic (exact) mass is 290 g/mol. The number of carbonyl (C=O) groups excluding carboxylic acids is 1. The van der Waals surface area contributed by atoms with Gasteiger partial charge in [0.05, 0.1) is 11.3 Å². The molecule has 1 saturated heterocycles. The minimum atomic E-state index is -0.0523. The normalized spacial score (nSPS) is 17.2. The van der Waals surface area contributed by atoms with Gasteiger partial charge in [-0.2, -0.15) is 0 Å². The molecule has 1 amide bonds. The number of nitrogens with one attached hydrogen (secondary N) is 2. The van der Waals surface area contributed by atoms with Crippen LogP contribution >= 0.6 is 0 Å².